The lowest BCUT2D eigenvalue weighted by Crippen LogP contribution is -2.50. The Morgan fingerprint density at radius 2 is 1.06 bits per heavy atom. The average molecular weight is 714 g/mol. The van der Waals surface area contributed by atoms with Crippen LogP contribution in [0.15, 0.2) is 60.7 Å². The van der Waals surface area contributed by atoms with E-state index in [4.69, 9.17) is 25.4 Å². The average Bonchev–Trinajstić information content (AvgIpc) is 3.04. The Morgan fingerprint density at radius 3 is 1.41 bits per heavy atom. The number of carbonyl (C=O) groups is 3. The van der Waals surface area contributed by atoms with Crippen LogP contribution in [0.25, 0.3) is 0 Å². The zero-order valence-electron chi connectivity index (χ0n) is 30.6. The largest absolute Gasteiger partial charge is 0.460 e. The Labute approximate surface area is 298 Å². The van der Waals surface area contributed by atoms with E-state index in [1.54, 1.807) is 42.0 Å². The molecular weight excluding hydrogens is 654 g/mol. The molecule has 1 unspecified atom stereocenters. The van der Waals surface area contributed by atoms with Gasteiger partial charge in [-0.05, 0) is 28.9 Å². The van der Waals surface area contributed by atoms with E-state index < -0.39 is 30.7 Å². The van der Waals surface area contributed by atoms with Crippen molar-refractivity contribution in [1.29, 1.82) is 0 Å². The fourth-order valence-corrected chi connectivity index (χ4v) is 3.65. The van der Waals surface area contributed by atoms with Crippen LogP contribution in [0.2, 0.25) is 0 Å². The normalized spacial score (nSPS) is 13.0. The predicted molar refractivity (Wildman–Crippen MR) is 193 cm³/mol. The van der Waals surface area contributed by atoms with Gasteiger partial charge in [-0.2, -0.15) is 0 Å². The molecule has 2 aromatic carbocycles. The maximum absolute atomic E-state index is 11.7. The standard InChI is InChI=1S/C15H24N2O3.C12H17NO2.C8H18N2O3.ClH/c1-11(2)13(16-15(19)17(3)4)14(18)20-10-12-8-6-5-7-9-12;1-9(2)11(13)12(14)15-8-10-6-4-3-5-7-10;1-5(2)6(7(11)12)9-8(13)10(3)4;/h5-9,11,13-14,18H,10H2,1-4H3,(H,16,19);3-7,9,11H,8,13H2,1-2H3;5-7,11-12H,1-4H3,(H,9,13);1H/t13-,14?;11-;6-;/m000./s1. The van der Waals surface area contributed by atoms with Gasteiger partial charge < -0.3 is 51.0 Å². The summed E-state index contributed by atoms with van der Waals surface area (Å²) in [5.74, 6) is -0.198. The molecule has 0 fully saturated rings. The minimum Gasteiger partial charge on any atom is -0.460 e. The molecule has 2 rings (SSSR count). The fourth-order valence-electron chi connectivity index (χ4n) is 3.65. The molecule has 0 heterocycles. The van der Waals surface area contributed by atoms with Crippen LogP contribution in [0.1, 0.15) is 52.7 Å². The molecule has 0 aromatic heterocycles. The summed E-state index contributed by atoms with van der Waals surface area (Å²) in [4.78, 5) is 37.0. The van der Waals surface area contributed by atoms with E-state index in [-0.39, 0.29) is 48.2 Å². The molecule has 0 saturated carbocycles. The summed E-state index contributed by atoms with van der Waals surface area (Å²) < 4.78 is 10.5. The van der Waals surface area contributed by atoms with Crippen LogP contribution in [-0.4, -0.2) is 102 Å². The highest BCUT2D eigenvalue weighted by atomic mass is 35.5. The molecule has 4 atom stereocenters. The van der Waals surface area contributed by atoms with Crippen LogP contribution in [0.3, 0.4) is 0 Å². The number of rotatable bonds is 13. The monoisotopic (exact) mass is 713 g/mol. The molecule has 280 valence electrons. The number of benzene rings is 2. The molecule has 4 amide bonds. The number of carbonyl (C=O) groups excluding carboxylic acids is 3. The predicted octanol–water partition coefficient (Wildman–Crippen LogP) is 3.55. The van der Waals surface area contributed by atoms with Crippen molar-refractivity contribution < 1.29 is 39.2 Å². The fraction of sp³-hybridized carbons (Fsp3) is 0.571. The molecule has 0 bridgehead atoms. The first kappa shape index (κ1) is 47.7. The van der Waals surface area contributed by atoms with E-state index in [1.165, 1.54) is 9.80 Å². The van der Waals surface area contributed by atoms with Gasteiger partial charge in [-0.3, -0.25) is 4.79 Å². The van der Waals surface area contributed by atoms with Crippen molar-refractivity contribution in [2.24, 2.45) is 23.5 Å². The second-order valence-electron chi connectivity index (χ2n) is 12.7. The highest BCUT2D eigenvalue weighted by Crippen LogP contribution is 2.11. The van der Waals surface area contributed by atoms with Crippen LogP contribution in [-0.2, 0) is 27.5 Å². The highest BCUT2D eigenvalue weighted by Gasteiger charge is 2.26. The minimum atomic E-state index is -1.52. The van der Waals surface area contributed by atoms with Crippen molar-refractivity contribution in [2.45, 2.75) is 85.5 Å². The molecule has 0 aliphatic rings. The van der Waals surface area contributed by atoms with Crippen molar-refractivity contribution >= 4 is 30.4 Å². The van der Waals surface area contributed by atoms with Crippen LogP contribution < -0.4 is 16.4 Å². The van der Waals surface area contributed by atoms with Gasteiger partial charge in [-0.25, -0.2) is 9.59 Å². The highest BCUT2D eigenvalue weighted by molar-refractivity contribution is 5.85. The number of urea groups is 2. The Bertz CT molecular complexity index is 1160. The van der Waals surface area contributed by atoms with Crippen LogP contribution in [0.4, 0.5) is 9.59 Å². The third kappa shape index (κ3) is 20.6. The van der Waals surface area contributed by atoms with Gasteiger partial charge >= 0.3 is 18.0 Å². The molecule has 0 saturated heterocycles. The van der Waals surface area contributed by atoms with Gasteiger partial charge in [0.05, 0.1) is 18.7 Å². The lowest BCUT2D eigenvalue weighted by atomic mass is 10.0. The summed E-state index contributed by atoms with van der Waals surface area (Å²) in [6.45, 7) is 11.9. The third-order valence-electron chi connectivity index (χ3n) is 6.94. The molecule has 7 N–H and O–H groups in total. The number of nitrogens with zero attached hydrogens (tertiary/aromatic N) is 2. The number of nitrogens with two attached hydrogens (primary N) is 1. The number of amides is 4. The first-order valence-corrected chi connectivity index (χ1v) is 16.0. The second-order valence-corrected chi connectivity index (χ2v) is 12.7. The smallest absolute Gasteiger partial charge is 0.323 e. The Hall–Kier alpha value is -3.46. The number of nitrogens with one attached hydrogen (secondary N) is 2. The van der Waals surface area contributed by atoms with Gasteiger partial charge in [0.1, 0.15) is 12.6 Å². The van der Waals surface area contributed by atoms with Crippen molar-refractivity contribution in [3.63, 3.8) is 0 Å². The van der Waals surface area contributed by atoms with Crippen LogP contribution in [0.5, 0.6) is 0 Å². The van der Waals surface area contributed by atoms with E-state index in [9.17, 15) is 19.5 Å². The zero-order chi connectivity index (χ0) is 37.0. The van der Waals surface area contributed by atoms with E-state index >= 15 is 0 Å². The van der Waals surface area contributed by atoms with E-state index in [0.717, 1.165) is 11.1 Å². The summed E-state index contributed by atoms with van der Waals surface area (Å²) in [6, 6.07) is 17.0. The van der Waals surface area contributed by atoms with E-state index in [0.29, 0.717) is 13.2 Å². The summed E-state index contributed by atoms with van der Waals surface area (Å²) in [6.07, 6.45) is -2.57. The molecule has 13 nitrogen and oxygen atoms in total. The maximum Gasteiger partial charge on any atom is 0.323 e. The van der Waals surface area contributed by atoms with Gasteiger partial charge in [0.15, 0.2) is 12.6 Å². The Kier molecular flexibility index (Phi) is 24.8. The van der Waals surface area contributed by atoms with Crippen molar-refractivity contribution in [3.8, 4) is 0 Å². The Balaban J connectivity index is 0. The molecular formula is C35H60ClN5O8. The van der Waals surface area contributed by atoms with Gasteiger partial charge in [-0.1, -0.05) is 102 Å². The summed E-state index contributed by atoms with van der Waals surface area (Å²) in [7, 11) is 6.50. The number of aliphatic hydroxyl groups is 3. The maximum atomic E-state index is 11.7. The van der Waals surface area contributed by atoms with Crippen molar-refractivity contribution in [1.82, 2.24) is 20.4 Å². The number of ether oxygens (including phenoxy) is 2. The number of halogens is 1. The van der Waals surface area contributed by atoms with Gasteiger partial charge in [0.2, 0.25) is 0 Å². The molecule has 0 radical (unpaired) electrons. The first-order chi connectivity index (χ1) is 22.4. The second kappa shape index (κ2) is 25.5. The quantitative estimate of drug-likeness (QED) is 0.133. The summed E-state index contributed by atoms with van der Waals surface area (Å²) in [5, 5.41) is 33.3. The van der Waals surface area contributed by atoms with E-state index in [2.05, 4.69) is 10.6 Å². The van der Waals surface area contributed by atoms with Crippen molar-refractivity contribution in [2.75, 3.05) is 28.2 Å². The summed E-state index contributed by atoms with van der Waals surface area (Å²) in [5.41, 5.74) is 7.60. The van der Waals surface area contributed by atoms with Crippen molar-refractivity contribution in [3.05, 3.63) is 71.8 Å². The van der Waals surface area contributed by atoms with Gasteiger partial charge in [0, 0.05) is 28.2 Å². The topological polar surface area (TPSA) is 187 Å². The molecule has 0 spiro atoms. The zero-order valence-corrected chi connectivity index (χ0v) is 31.4. The Morgan fingerprint density at radius 1 is 0.673 bits per heavy atom. The molecule has 0 aliphatic heterocycles. The van der Waals surface area contributed by atoms with Crippen LogP contribution >= 0.6 is 12.4 Å². The number of aliphatic hydroxyl groups excluding tert-OH is 2. The minimum absolute atomic E-state index is 0. The molecule has 0 aliphatic carbocycles. The number of esters is 1. The molecule has 2 aromatic rings. The number of hydrogen-bond donors (Lipinski definition) is 6. The molecule has 14 heteroatoms. The van der Waals surface area contributed by atoms with E-state index in [1.807, 2.05) is 88.4 Å². The lowest BCUT2D eigenvalue weighted by Gasteiger charge is -2.28. The summed E-state index contributed by atoms with van der Waals surface area (Å²) >= 11 is 0. The van der Waals surface area contributed by atoms with Gasteiger partial charge in [-0.15, -0.1) is 12.4 Å². The SMILES string of the molecule is CC(C)[C@H](N)C(=O)OCc1ccccc1.CC(C)[C@H](NC(=O)N(C)C)C(O)O.CC(C)[C@H](NC(=O)N(C)C)C(O)OCc1ccccc1.Cl. The lowest BCUT2D eigenvalue weighted by molar-refractivity contribution is -0.147. The van der Waals surface area contributed by atoms with Gasteiger partial charge in [0.25, 0.3) is 0 Å². The number of hydrogen-bond acceptors (Lipinski definition) is 9. The third-order valence-corrected chi connectivity index (χ3v) is 6.94. The van der Waals surface area contributed by atoms with Crippen LogP contribution in [0, 0.1) is 17.8 Å². The first-order valence-electron chi connectivity index (χ1n) is 16.0. The molecule has 49 heavy (non-hydrogen) atoms.